The number of benzene rings is 2. The fraction of sp³-hybridized carbons (Fsp3) is 0.647. The van der Waals surface area contributed by atoms with Crippen molar-refractivity contribution >= 4 is 0 Å². The van der Waals surface area contributed by atoms with Crippen molar-refractivity contribution in [2.24, 2.45) is 17.8 Å². The molecular weight excluding hydrogens is 516 g/mol. The smallest absolute Gasteiger partial charge is 0.121 e. The van der Waals surface area contributed by atoms with Crippen LogP contribution >= 0.6 is 0 Å². The van der Waals surface area contributed by atoms with Crippen molar-refractivity contribution in [3.63, 3.8) is 0 Å². The highest BCUT2D eigenvalue weighted by atomic mass is 16.5. The van der Waals surface area contributed by atoms with Crippen molar-refractivity contribution < 1.29 is 29.6 Å². The monoisotopic (exact) mass is 567 g/mol. The Morgan fingerprint density at radius 2 is 1.78 bits per heavy atom. The van der Waals surface area contributed by atoms with Crippen LogP contribution in [-0.2, 0) is 16.9 Å². The fourth-order valence-electron chi connectivity index (χ4n) is 7.86. The molecule has 1 aliphatic carbocycles. The van der Waals surface area contributed by atoms with Crippen LogP contribution in [0.2, 0.25) is 0 Å². The van der Waals surface area contributed by atoms with Crippen LogP contribution in [0.3, 0.4) is 0 Å². The standard InChI is InChI=1S/C34H50N2O5/c1-25(13-16-35-20-32(39)27-11-12-31(38)28(19-27)23-37)21-36-17-14-26(15-18-36)33(22-36)41-24-34(40,30-9-5-6-10-30)29-7-3-2-4-8-29/h2-4,7-8,11-12,19,25-26,30,32-33,35,37,39-40H,5-6,9-10,13-18,20-24H2,1H3/p+1/t25-,26?,32-,33-,34+,36?/m1/s1. The van der Waals surface area contributed by atoms with Gasteiger partial charge in [0.2, 0.25) is 0 Å². The largest absolute Gasteiger partial charge is 0.508 e. The Morgan fingerprint density at radius 3 is 2.49 bits per heavy atom. The number of ether oxygens (including phenoxy) is 1. The van der Waals surface area contributed by atoms with Gasteiger partial charge in [-0.2, -0.15) is 0 Å². The normalized spacial score (nSPS) is 27.5. The molecule has 5 N–H and O–H groups in total. The number of hydrogen-bond donors (Lipinski definition) is 5. The summed E-state index contributed by atoms with van der Waals surface area (Å²) >= 11 is 0. The van der Waals surface area contributed by atoms with E-state index in [1.165, 1.54) is 44.8 Å². The van der Waals surface area contributed by atoms with Gasteiger partial charge in [0, 0.05) is 36.8 Å². The maximum atomic E-state index is 12.0. The molecule has 7 nitrogen and oxygen atoms in total. The maximum Gasteiger partial charge on any atom is 0.121 e. The first-order valence-corrected chi connectivity index (χ1v) is 15.9. The van der Waals surface area contributed by atoms with E-state index in [0.29, 0.717) is 36.1 Å². The summed E-state index contributed by atoms with van der Waals surface area (Å²) in [6.07, 6.45) is 7.51. The second-order valence-electron chi connectivity index (χ2n) is 13.3. The zero-order chi connectivity index (χ0) is 28.9. The quantitative estimate of drug-likeness (QED) is 0.173. The van der Waals surface area contributed by atoms with Gasteiger partial charge in [0.1, 0.15) is 24.0 Å². The SMILES string of the molecule is C[C@H](CCNC[C@@H](O)c1ccc(O)c(CO)c1)C[N+]12CCC(CC1)[C@H](OC[C@](O)(c1ccccc1)C1CCCC1)C2. The Bertz CT molecular complexity index is 1100. The molecule has 3 saturated heterocycles. The van der Waals surface area contributed by atoms with E-state index in [4.69, 9.17) is 4.74 Å². The van der Waals surface area contributed by atoms with Crippen molar-refractivity contribution in [1.82, 2.24) is 5.32 Å². The molecule has 0 spiro atoms. The van der Waals surface area contributed by atoms with E-state index in [0.717, 1.165) is 48.9 Å². The van der Waals surface area contributed by atoms with Gasteiger partial charge in [-0.25, -0.2) is 0 Å². The van der Waals surface area contributed by atoms with Crippen LogP contribution in [0.15, 0.2) is 48.5 Å². The molecule has 2 aromatic carbocycles. The molecule has 41 heavy (non-hydrogen) atoms. The average molecular weight is 568 g/mol. The van der Waals surface area contributed by atoms with E-state index < -0.39 is 11.7 Å². The van der Waals surface area contributed by atoms with E-state index in [2.05, 4.69) is 24.4 Å². The van der Waals surface area contributed by atoms with Gasteiger partial charge in [0.05, 0.1) is 39.0 Å². The minimum Gasteiger partial charge on any atom is -0.508 e. The minimum atomic E-state index is -0.905. The number of fused-ring (bicyclic) bond motifs is 3. The lowest BCUT2D eigenvalue weighted by Crippen LogP contribution is -2.65. The molecule has 0 radical (unpaired) electrons. The van der Waals surface area contributed by atoms with Crippen molar-refractivity contribution in [3.8, 4) is 5.75 Å². The summed E-state index contributed by atoms with van der Waals surface area (Å²) < 4.78 is 7.83. The number of nitrogens with zero attached hydrogens (tertiary/aromatic N) is 1. The Morgan fingerprint density at radius 1 is 1.05 bits per heavy atom. The van der Waals surface area contributed by atoms with E-state index in [-0.39, 0.29) is 24.4 Å². The van der Waals surface area contributed by atoms with E-state index in [9.17, 15) is 20.4 Å². The maximum absolute atomic E-state index is 12.0. The molecule has 3 aliphatic heterocycles. The number of rotatable bonds is 14. The molecule has 226 valence electrons. The molecule has 4 aliphatic rings. The van der Waals surface area contributed by atoms with Crippen molar-refractivity contribution in [2.45, 2.75) is 76.3 Å². The zero-order valence-corrected chi connectivity index (χ0v) is 24.8. The average Bonchev–Trinajstić information content (AvgIpc) is 3.55. The van der Waals surface area contributed by atoms with Crippen LogP contribution in [0, 0.1) is 17.8 Å². The van der Waals surface area contributed by atoms with E-state index in [1.807, 2.05) is 18.2 Å². The molecule has 0 amide bonds. The Labute approximate surface area is 245 Å². The predicted molar refractivity (Wildman–Crippen MR) is 160 cm³/mol. The molecule has 4 fully saturated rings. The van der Waals surface area contributed by atoms with Crippen molar-refractivity contribution in [3.05, 3.63) is 65.2 Å². The number of aromatic hydroxyl groups is 1. The number of hydrogen-bond acceptors (Lipinski definition) is 6. The third kappa shape index (κ3) is 7.15. The molecule has 7 heteroatoms. The zero-order valence-electron chi connectivity index (χ0n) is 24.8. The van der Waals surface area contributed by atoms with Gasteiger partial charge in [0.25, 0.3) is 0 Å². The van der Waals surface area contributed by atoms with Gasteiger partial charge in [-0.05, 0) is 55.0 Å². The van der Waals surface area contributed by atoms with E-state index >= 15 is 0 Å². The molecule has 3 heterocycles. The second kappa shape index (κ2) is 13.5. The molecule has 1 saturated carbocycles. The van der Waals surface area contributed by atoms with Crippen LogP contribution < -0.4 is 5.32 Å². The molecule has 4 atom stereocenters. The summed E-state index contributed by atoms with van der Waals surface area (Å²) in [5, 5.41) is 45.1. The summed E-state index contributed by atoms with van der Waals surface area (Å²) in [6, 6.07) is 15.1. The molecule has 6 rings (SSSR count). The highest BCUT2D eigenvalue weighted by Crippen LogP contribution is 2.43. The first-order chi connectivity index (χ1) is 19.8. The number of phenols is 1. The number of piperidine rings is 3. The molecular formula is C34H51N2O5+. The molecule has 0 unspecified atom stereocenters. The number of aliphatic hydroxyl groups excluding tert-OH is 2. The molecule has 2 bridgehead atoms. The van der Waals surface area contributed by atoms with Gasteiger partial charge in [-0.1, -0.05) is 56.2 Å². The summed E-state index contributed by atoms with van der Waals surface area (Å²) in [5.41, 5.74) is 1.22. The third-order valence-corrected chi connectivity index (χ3v) is 10.4. The summed E-state index contributed by atoms with van der Waals surface area (Å²) in [4.78, 5) is 0. The summed E-state index contributed by atoms with van der Waals surface area (Å²) in [6.45, 7) is 8.38. The van der Waals surface area contributed by atoms with Gasteiger partial charge in [0.15, 0.2) is 0 Å². The second-order valence-corrected chi connectivity index (χ2v) is 13.3. The van der Waals surface area contributed by atoms with Crippen molar-refractivity contribution in [2.75, 3.05) is 45.9 Å². The van der Waals surface area contributed by atoms with Crippen LogP contribution in [0.25, 0.3) is 0 Å². The molecule has 2 aromatic rings. The van der Waals surface area contributed by atoms with Gasteiger partial charge >= 0.3 is 0 Å². The minimum absolute atomic E-state index is 0.0489. The topological polar surface area (TPSA) is 102 Å². The van der Waals surface area contributed by atoms with Crippen LogP contribution in [0.5, 0.6) is 5.75 Å². The number of nitrogens with one attached hydrogen (secondary N) is 1. The van der Waals surface area contributed by atoms with Crippen LogP contribution in [-0.4, -0.2) is 76.9 Å². The lowest BCUT2D eigenvalue weighted by molar-refractivity contribution is -0.949. The highest BCUT2D eigenvalue weighted by molar-refractivity contribution is 5.36. The number of aliphatic hydroxyl groups is 3. The van der Waals surface area contributed by atoms with Crippen LogP contribution in [0.4, 0.5) is 0 Å². The summed E-state index contributed by atoms with van der Waals surface area (Å²) in [7, 11) is 0. The van der Waals surface area contributed by atoms with Gasteiger partial charge in [-0.3, -0.25) is 0 Å². The Kier molecular flexibility index (Phi) is 10.1. The highest BCUT2D eigenvalue weighted by Gasteiger charge is 2.48. The Balaban J connectivity index is 1.11. The van der Waals surface area contributed by atoms with E-state index in [1.54, 1.807) is 12.1 Å². The van der Waals surface area contributed by atoms with Gasteiger partial charge < -0.3 is 35.0 Å². The Hall–Kier alpha value is -2.00. The number of quaternary nitrogens is 1. The van der Waals surface area contributed by atoms with Gasteiger partial charge in [-0.15, -0.1) is 0 Å². The van der Waals surface area contributed by atoms with Crippen molar-refractivity contribution in [1.29, 1.82) is 0 Å². The first kappa shape index (κ1) is 30.5. The fourth-order valence-corrected chi connectivity index (χ4v) is 7.86. The lowest BCUT2D eigenvalue weighted by Gasteiger charge is -2.53. The first-order valence-electron chi connectivity index (χ1n) is 15.9. The van der Waals surface area contributed by atoms with Crippen LogP contribution in [0.1, 0.15) is 74.7 Å². The molecule has 0 aromatic heterocycles. The predicted octanol–water partition coefficient (Wildman–Crippen LogP) is 4.24. The third-order valence-electron chi connectivity index (χ3n) is 10.4. The summed E-state index contributed by atoms with van der Waals surface area (Å²) in [5.74, 6) is 1.46. The lowest BCUT2D eigenvalue weighted by atomic mass is 9.79.